The van der Waals surface area contributed by atoms with Gasteiger partial charge in [-0.25, -0.2) is 4.98 Å². The predicted molar refractivity (Wildman–Crippen MR) is 106 cm³/mol. The molecule has 2 aromatic heterocycles. The Balaban J connectivity index is 1.77. The van der Waals surface area contributed by atoms with E-state index < -0.39 is 0 Å². The number of nitrogens with zero attached hydrogens (tertiary/aromatic N) is 1. The first-order valence-corrected chi connectivity index (χ1v) is 8.43. The summed E-state index contributed by atoms with van der Waals surface area (Å²) in [6, 6.07) is 16.6. The normalized spacial score (nSPS) is 10.7. The molecule has 2 aromatic carbocycles. The zero-order valence-electron chi connectivity index (χ0n) is 15.0. The number of anilines is 2. The molecule has 6 nitrogen and oxygen atoms in total. The standard InChI is InChI=1S/C21H19N3O3/c1-26-16-8-13(9-17(11-16)27-2)20-12-18-19(24-20)6-7-22-21(18)23-14-4-3-5-15(25)10-14/h3-12,24-25H,1-2H3,(H,22,23). The number of hydrogen-bond acceptors (Lipinski definition) is 5. The summed E-state index contributed by atoms with van der Waals surface area (Å²) in [7, 11) is 3.26. The lowest BCUT2D eigenvalue weighted by molar-refractivity contribution is 0.394. The molecule has 0 aliphatic heterocycles. The van der Waals surface area contributed by atoms with Crippen LogP contribution in [0.15, 0.2) is 60.8 Å². The molecular formula is C21H19N3O3. The van der Waals surface area contributed by atoms with Crippen LogP contribution in [-0.4, -0.2) is 29.3 Å². The summed E-state index contributed by atoms with van der Waals surface area (Å²) in [5, 5.41) is 13.9. The molecule has 0 unspecified atom stereocenters. The molecule has 0 fully saturated rings. The lowest BCUT2D eigenvalue weighted by Gasteiger charge is -2.07. The van der Waals surface area contributed by atoms with Crippen LogP contribution in [0.2, 0.25) is 0 Å². The van der Waals surface area contributed by atoms with Gasteiger partial charge in [0.25, 0.3) is 0 Å². The fraction of sp³-hybridized carbons (Fsp3) is 0.0952. The van der Waals surface area contributed by atoms with E-state index in [-0.39, 0.29) is 5.75 Å². The van der Waals surface area contributed by atoms with Crippen molar-refractivity contribution in [2.45, 2.75) is 0 Å². The van der Waals surface area contributed by atoms with Crippen molar-refractivity contribution in [3.05, 3.63) is 60.8 Å². The molecule has 0 amide bonds. The highest BCUT2D eigenvalue weighted by Crippen LogP contribution is 2.33. The molecule has 0 bridgehead atoms. The molecule has 0 spiro atoms. The van der Waals surface area contributed by atoms with E-state index >= 15 is 0 Å². The summed E-state index contributed by atoms with van der Waals surface area (Å²) in [5.41, 5.74) is 3.59. The van der Waals surface area contributed by atoms with E-state index in [9.17, 15) is 5.11 Å². The second-order valence-electron chi connectivity index (χ2n) is 6.08. The SMILES string of the molecule is COc1cc(OC)cc(-c2cc3c(Nc4cccc(O)c4)nccc3[nH]2)c1. The van der Waals surface area contributed by atoms with Gasteiger partial charge in [0.2, 0.25) is 0 Å². The number of phenols is 1. The molecule has 0 saturated heterocycles. The van der Waals surface area contributed by atoms with Gasteiger partial charge in [-0.2, -0.15) is 0 Å². The fourth-order valence-electron chi connectivity index (χ4n) is 2.99. The van der Waals surface area contributed by atoms with Crippen LogP contribution in [0.25, 0.3) is 22.2 Å². The van der Waals surface area contributed by atoms with E-state index in [0.29, 0.717) is 5.82 Å². The van der Waals surface area contributed by atoms with Gasteiger partial charge in [-0.15, -0.1) is 0 Å². The van der Waals surface area contributed by atoms with E-state index in [4.69, 9.17) is 9.47 Å². The van der Waals surface area contributed by atoms with E-state index in [0.717, 1.165) is 39.3 Å². The zero-order chi connectivity index (χ0) is 18.8. The molecule has 27 heavy (non-hydrogen) atoms. The summed E-state index contributed by atoms with van der Waals surface area (Å²) >= 11 is 0. The van der Waals surface area contributed by atoms with Gasteiger partial charge >= 0.3 is 0 Å². The number of pyridine rings is 1. The Hall–Kier alpha value is -3.67. The smallest absolute Gasteiger partial charge is 0.139 e. The minimum Gasteiger partial charge on any atom is -0.508 e. The third kappa shape index (κ3) is 3.37. The first-order chi connectivity index (χ1) is 13.2. The summed E-state index contributed by atoms with van der Waals surface area (Å²) < 4.78 is 10.7. The number of fused-ring (bicyclic) bond motifs is 1. The van der Waals surface area contributed by atoms with Crippen molar-refractivity contribution < 1.29 is 14.6 Å². The maximum atomic E-state index is 9.67. The number of hydrogen-bond donors (Lipinski definition) is 3. The Labute approximate surface area is 156 Å². The first kappa shape index (κ1) is 16.8. The highest BCUT2D eigenvalue weighted by atomic mass is 16.5. The monoisotopic (exact) mass is 361 g/mol. The van der Waals surface area contributed by atoms with Crippen molar-refractivity contribution in [2.24, 2.45) is 0 Å². The number of benzene rings is 2. The van der Waals surface area contributed by atoms with Gasteiger partial charge in [0, 0.05) is 40.7 Å². The minimum atomic E-state index is 0.199. The van der Waals surface area contributed by atoms with Crippen LogP contribution < -0.4 is 14.8 Å². The van der Waals surface area contributed by atoms with Gasteiger partial charge in [0.05, 0.1) is 19.7 Å². The van der Waals surface area contributed by atoms with Gasteiger partial charge in [-0.1, -0.05) is 6.07 Å². The molecule has 0 aliphatic carbocycles. The fourth-order valence-corrected chi connectivity index (χ4v) is 2.99. The van der Waals surface area contributed by atoms with E-state index in [2.05, 4.69) is 15.3 Å². The molecule has 4 rings (SSSR count). The molecule has 0 saturated carbocycles. The van der Waals surface area contributed by atoms with E-state index in [1.807, 2.05) is 36.4 Å². The molecule has 4 aromatic rings. The number of aromatic hydroxyl groups is 1. The highest BCUT2D eigenvalue weighted by Gasteiger charge is 2.11. The average molecular weight is 361 g/mol. The van der Waals surface area contributed by atoms with Crippen LogP contribution in [0.3, 0.4) is 0 Å². The quantitative estimate of drug-likeness (QED) is 0.480. The second-order valence-corrected chi connectivity index (χ2v) is 6.08. The highest BCUT2D eigenvalue weighted by molar-refractivity contribution is 5.95. The number of H-pyrrole nitrogens is 1. The van der Waals surface area contributed by atoms with Crippen LogP contribution in [0, 0.1) is 0 Å². The van der Waals surface area contributed by atoms with Crippen molar-refractivity contribution >= 4 is 22.4 Å². The Morgan fingerprint density at radius 3 is 2.44 bits per heavy atom. The van der Waals surface area contributed by atoms with Crippen molar-refractivity contribution in [2.75, 3.05) is 19.5 Å². The number of nitrogens with one attached hydrogen (secondary N) is 2. The molecule has 0 aliphatic rings. The average Bonchev–Trinajstić information content (AvgIpc) is 3.13. The Morgan fingerprint density at radius 1 is 0.963 bits per heavy atom. The van der Waals surface area contributed by atoms with Gasteiger partial charge < -0.3 is 24.9 Å². The third-order valence-corrected chi connectivity index (χ3v) is 4.32. The van der Waals surface area contributed by atoms with E-state index in [1.165, 1.54) is 0 Å². The number of rotatable bonds is 5. The predicted octanol–water partition coefficient (Wildman–Crippen LogP) is 4.70. The number of ether oxygens (including phenoxy) is 2. The van der Waals surface area contributed by atoms with Crippen LogP contribution in [0.1, 0.15) is 0 Å². The van der Waals surface area contributed by atoms with Crippen molar-refractivity contribution in [3.8, 4) is 28.5 Å². The van der Waals surface area contributed by atoms with Crippen LogP contribution in [0.5, 0.6) is 17.2 Å². The first-order valence-electron chi connectivity index (χ1n) is 8.43. The molecule has 3 N–H and O–H groups in total. The van der Waals surface area contributed by atoms with Crippen LogP contribution >= 0.6 is 0 Å². The summed E-state index contributed by atoms with van der Waals surface area (Å²) in [4.78, 5) is 7.86. The largest absolute Gasteiger partial charge is 0.508 e. The van der Waals surface area contributed by atoms with Gasteiger partial charge in [0.1, 0.15) is 23.1 Å². The zero-order valence-corrected chi connectivity index (χ0v) is 15.0. The van der Waals surface area contributed by atoms with Crippen LogP contribution in [0.4, 0.5) is 11.5 Å². The van der Waals surface area contributed by atoms with E-state index in [1.54, 1.807) is 38.6 Å². The van der Waals surface area contributed by atoms with Crippen molar-refractivity contribution in [1.82, 2.24) is 9.97 Å². The summed E-state index contributed by atoms with van der Waals surface area (Å²) in [5.74, 6) is 2.35. The van der Waals surface area contributed by atoms with Crippen molar-refractivity contribution in [1.29, 1.82) is 0 Å². The Morgan fingerprint density at radius 2 is 1.74 bits per heavy atom. The lowest BCUT2D eigenvalue weighted by Crippen LogP contribution is -1.93. The maximum Gasteiger partial charge on any atom is 0.139 e. The minimum absolute atomic E-state index is 0.199. The molecule has 136 valence electrons. The summed E-state index contributed by atoms with van der Waals surface area (Å²) in [6.07, 6.45) is 1.74. The Kier molecular flexibility index (Phi) is 4.30. The molecular weight excluding hydrogens is 342 g/mol. The van der Waals surface area contributed by atoms with Gasteiger partial charge in [-0.3, -0.25) is 0 Å². The van der Waals surface area contributed by atoms with Crippen LogP contribution in [-0.2, 0) is 0 Å². The van der Waals surface area contributed by atoms with Gasteiger partial charge in [-0.05, 0) is 36.4 Å². The maximum absolute atomic E-state index is 9.67. The number of phenolic OH excluding ortho intramolecular Hbond substituents is 1. The third-order valence-electron chi connectivity index (χ3n) is 4.32. The summed E-state index contributed by atoms with van der Waals surface area (Å²) in [6.45, 7) is 0. The van der Waals surface area contributed by atoms with Crippen molar-refractivity contribution in [3.63, 3.8) is 0 Å². The topological polar surface area (TPSA) is 79.4 Å². The lowest BCUT2D eigenvalue weighted by atomic mass is 10.1. The number of aromatic nitrogens is 2. The molecule has 6 heteroatoms. The number of aromatic amines is 1. The van der Waals surface area contributed by atoms with Gasteiger partial charge in [0.15, 0.2) is 0 Å². The Bertz CT molecular complexity index is 1080. The molecule has 2 heterocycles. The molecule has 0 radical (unpaired) electrons. The second kappa shape index (κ2) is 6.92. The molecule has 0 atom stereocenters. The number of methoxy groups -OCH3 is 2.